The molecule has 1 aliphatic rings. The Kier molecular flexibility index (Phi) is 6.70. The molecule has 4 rings (SSSR count). The number of benzene rings is 2. The van der Waals surface area contributed by atoms with Gasteiger partial charge in [-0.1, -0.05) is 36.4 Å². The number of para-hydroxylation sites is 2. The molecule has 0 spiro atoms. The first-order chi connectivity index (χ1) is 15.5. The Balaban J connectivity index is 1.35. The van der Waals surface area contributed by atoms with Crippen LogP contribution in [0.4, 0.5) is 5.13 Å². The number of amides is 2. The topological polar surface area (TPSA) is 89.6 Å². The minimum atomic E-state index is -0.756. The lowest BCUT2D eigenvalue weighted by molar-refractivity contribution is -0.128. The molecule has 166 valence electrons. The van der Waals surface area contributed by atoms with Crippen molar-refractivity contribution in [1.82, 2.24) is 10.3 Å². The summed E-state index contributed by atoms with van der Waals surface area (Å²) in [4.78, 5) is 28.2. The summed E-state index contributed by atoms with van der Waals surface area (Å²) in [5.74, 6) is 0.901. The average Bonchev–Trinajstić information content (AvgIpc) is 3.25. The number of ether oxygens (including phenoxy) is 2. The molecule has 1 aliphatic heterocycles. The summed E-state index contributed by atoms with van der Waals surface area (Å²) >= 11 is 1.37. The van der Waals surface area contributed by atoms with Crippen LogP contribution >= 0.6 is 11.3 Å². The second kappa shape index (κ2) is 9.82. The van der Waals surface area contributed by atoms with E-state index in [1.165, 1.54) is 23.8 Å². The van der Waals surface area contributed by atoms with Crippen LogP contribution in [0.15, 0.2) is 53.9 Å². The molecule has 2 aromatic carbocycles. The maximum atomic E-state index is 12.8. The van der Waals surface area contributed by atoms with Crippen molar-refractivity contribution in [2.75, 3.05) is 11.9 Å². The predicted octanol–water partition coefficient (Wildman–Crippen LogP) is 4.05. The van der Waals surface area contributed by atoms with Crippen LogP contribution in [-0.2, 0) is 16.0 Å². The zero-order chi connectivity index (χ0) is 22.5. The van der Waals surface area contributed by atoms with Crippen LogP contribution in [0.25, 0.3) is 11.3 Å². The van der Waals surface area contributed by atoms with Crippen molar-refractivity contribution in [2.45, 2.75) is 38.9 Å². The Bertz CT molecular complexity index is 1100. The summed E-state index contributed by atoms with van der Waals surface area (Å²) in [6.07, 6.45) is 0.613. The molecule has 0 aliphatic carbocycles. The van der Waals surface area contributed by atoms with Crippen LogP contribution in [-0.4, -0.2) is 35.6 Å². The first-order valence-electron chi connectivity index (χ1n) is 10.5. The van der Waals surface area contributed by atoms with Gasteiger partial charge >= 0.3 is 0 Å². The molecule has 32 heavy (non-hydrogen) atoms. The maximum absolute atomic E-state index is 12.8. The third-order valence-electron chi connectivity index (χ3n) is 5.10. The van der Waals surface area contributed by atoms with E-state index >= 15 is 0 Å². The van der Waals surface area contributed by atoms with Gasteiger partial charge in [-0.15, -0.1) is 11.3 Å². The molecule has 2 N–H and O–H groups in total. The maximum Gasteiger partial charge on any atom is 0.271 e. The minimum Gasteiger partial charge on any atom is -0.482 e. The number of rotatable bonds is 7. The third kappa shape index (κ3) is 5.26. The number of fused-ring (bicyclic) bond motifs is 1. The Hall–Kier alpha value is -3.39. The van der Waals surface area contributed by atoms with E-state index in [0.29, 0.717) is 23.2 Å². The fourth-order valence-corrected chi connectivity index (χ4v) is 4.17. The van der Waals surface area contributed by atoms with Gasteiger partial charge in [-0.05, 0) is 37.5 Å². The number of hydrogen-bond acceptors (Lipinski definition) is 6. The van der Waals surface area contributed by atoms with Gasteiger partial charge in [0.2, 0.25) is 12.0 Å². The molecule has 0 saturated heterocycles. The SMILES string of the molecule is CC(=O)NCCCc1ccc(-c2csc(NC(=O)C3Oc4ccccc4OC3C)n2)cc1. The molecule has 2 atom stereocenters. The number of nitrogens with one attached hydrogen (secondary N) is 2. The Morgan fingerprint density at radius 2 is 1.78 bits per heavy atom. The van der Waals surface area contributed by atoms with Crippen molar-refractivity contribution < 1.29 is 19.1 Å². The highest BCUT2D eigenvalue weighted by molar-refractivity contribution is 7.14. The normalized spacial score (nSPS) is 16.9. The first kappa shape index (κ1) is 21.8. The molecule has 1 aromatic heterocycles. The lowest BCUT2D eigenvalue weighted by Crippen LogP contribution is -2.46. The number of anilines is 1. The fraction of sp³-hybridized carbons (Fsp3) is 0.292. The van der Waals surface area contributed by atoms with Crippen LogP contribution in [0.1, 0.15) is 25.8 Å². The standard InChI is InChI=1S/C24H25N3O4S/c1-15-22(31-21-8-4-3-7-20(21)30-15)23(29)27-24-26-19(14-32-24)18-11-9-17(10-12-18)6-5-13-25-16(2)28/h3-4,7-12,14-15,22H,5-6,13H2,1-2H3,(H,25,28)(H,26,27,29). The third-order valence-corrected chi connectivity index (χ3v) is 5.86. The summed E-state index contributed by atoms with van der Waals surface area (Å²) in [5.41, 5.74) is 2.98. The zero-order valence-corrected chi connectivity index (χ0v) is 18.8. The number of carbonyl (C=O) groups is 2. The predicted molar refractivity (Wildman–Crippen MR) is 124 cm³/mol. The molecule has 0 saturated carbocycles. The molecule has 3 aromatic rings. The van der Waals surface area contributed by atoms with Gasteiger partial charge in [0.1, 0.15) is 6.10 Å². The number of thiazole rings is 1. The smallest absolute Gasteiger partial charge is 0.271 e. The molecular formula is C24H25N3O4S. The first-order valence-corrected chi connectivity index (χ1v) is 11.4. The van der Waals surface area contributed by atoms with Gasteiger partial charge in [0.15, 0.2) is 16.6 Å². The highest BCUT2D eigenvalue weighted by atomic mass is 32.1. The number of aromatic nitrogens is 1. The number of nitrogens with zero attached hydrogens (tertiary/aromatic N) is 1. The lowest BCUT2D eigenvalue weighted by Gasteiger charge is -2.30. The average molecular weight is 452 g/mol. The van der Waals surface area contributed by atoms with Crippen LogP contribution in [0, 0.1) is 0 Å². The molecular weight excluding hydrogens is 426 g/mol. The molecule has 2 amide bonds. The quantitative estimate of drug-likeness (QED) is 0.529. The van der Waals surface area contributed by atoms with Crippen molar-refractivity contribution in [2.24, 2.45) is 0 Å². The van der Waals surface area contributed by atoms with Gasteiger partial charge in [-0.25, -0.2) is 4.98 Å². The monoisotopic (exact) mass is 451 g/mol. The van der Waals surface area contributed by atoms with E-state index in [9.17, 15) is 9.59 Å². The van der Waals surface area contributed by atoms with E-state index in [4.69, 9.17) is 9.47 Å². The lowest BCUT2D eigenvalue weighted by atomic mass is 10.1. The molecule has 0 fully saturated rings. The molecule has 7 nitrogen and oxygen atoms in total. The number of aryl methyl sites for hydroxylation is 1. The Morgan fingerprint density at radius 1 is 1.06 bits per heavy atom. The molecule has 2 heterocycles. The van der Waals surface area contributed by atoms with Crippen LogP contribution < -0.4 is 20.1 Å². The van der Waals surface area contributed by atoms with Crippen molar-refractivity contribution in [1.29, 1.82) is 0 Å². The van der Waals surface area contributed by atoms with Crippen molar-refractivity contribution in [3.05, 3.63) is 59.5 Å². The molecule has 8 heteroatoms. The second-order valence-corrected chi connectivity index (χ2v) is 8.48. The van der Waals surface area contributed by atoms with E-state index < -0.39 is 12.2 Å². The molecule has 0 bridgehead atoms. The number of carbonyl (C=O) groups excluding carboxylic acids is 2. The summed E-state index contributed by atoms with van der Waals surface area (Å²) < 4.78 is 11.7. The van der Waals surface area contributed by atoms with Gasteiger partial charge in [0.05, 0.1) is 5.69 Å². The minimum absolute atomic E-state index is 0.00590. The molecule has 2 unspecified atom stereocenters. The largest absolute Gasteiger partial charge is 0.482 e. The number of hydrogen-bond donors (Lipinski definition) is 2. The zero-order valence-electron chi connectivity index (χ0n) is 18.0. The highest BCUT2D eigenvalue weighted by Gasteiger charge is 2.34. The van der Waals surface area contributed by atoms with Gasteiger partial charge in [0.25, 0.3) is 5.91 Å². The van der Waals surface area contributed by atoms with Crippen molar-refractivity contribution in [3.63, 3.8) is 0 Å². The van der Waals surface area contributed by atoms with Gasteiger partial charge in [-0.3, -0.25) is 14.9 Å². The summed E-state index contributed by atoms with van der Waals surface area (Å²) in [6, 6.07) is 15.5. The highest BCUT2D eigenvalue weighted by Crippen LogP contribution is 2.34. The summed E-state index contributed by atoms with van der Waals surface area (Å²) in [5, 5.41) is 8.08. The fourth-order valence-electron chi connectivity index (χ4n) is 3.45. The summed E-state index contributed by atoms with van der Waals surface area (Å²) in [7, 11) is 0. The van der Waals surface area contributed by atoms with Crippen molar-refractivity contribution >= 4 is 28.3 Å². The van der Waals surface area contributed by atoms with E-state index in [1.54, 1.807) is 6.07 Å². The van der Waals surface area contributed by atoms with Crippen LogP contribution in [0.2, 0.25) is 0 Å². The van der Waals surface area contributed by atoms with E-state index in [-0.39, 0.29) is 11.8 Å². The van der Waals surface area contributed by atoms with Crippen LogP contribution in [0.5, 0.6) is 11.5 Å². The second-order valence-electron chi connectivity index (χ2n) is 7.62. The molecule has 0 radical (unpaired) electrons. The van der Waals surface area contributed by atoms with E-state index in [0.717, 1.165) is 24.1 Å². The van der Waals surface area contributed by atoms with E-state index in [2.05, 4.69) is 27.8 Å². The Morgan fingerprint density at radius 3 is 2.50 bits per heavy atom. The van der Waals surface area contributed by atoms with Gasteiger partial charge in [0, 0.05) is 24.4 Å². The van der Waals surface area contributed by atoms with Crippen molar-refractivity contribution in [3.8, 4) is 22.8 Å². The van der Waals surface area contributed by atoms with Gasteiger partial charge in [-0.2, -0.15) is 0 Å². The Labute approximate surface area is 190 Å². The van der Waals surface area contributed by atoms with E-state index in [1.807, 2.05) is 42.6 Å². The van der Waals surface area contributed by atoms with Gasteiger partial charge < -0.3 is 14.8 Å². The van der Waals surface area contributed by atoms with Crippen LogP contribution in [0.3, 0.4) is 0 Å². The summed E-state index contributed by atoms with van der Waals surface area (Å²) in [6.45, 7) is 4.01.